The number of hydrogen-bond donors (Lipinski definition) is 0. The summed E-state index contributed by atoms with van der Waals surface area (Å²) >= 11 is 0. The van der Waals surface area contributed by atoms with Gasteiger partial charge >= 0.3 is 0 Å². The van der Waals surface area contributed by atoms with Crippen LogP contribution in [0.1, 0.15) is 0 Å². The van der Waals surface area contributed by atoms with Crippen molar-refractivity contribution in [1.29, 1.82) is 0 Å². The van der Waals surface area contributed by atoms with E-state index in [-0.39, 0.29) is 0 Å². The lowest BCUT2D eigenvalue weighted by molar-refractivity contribution is 0.676. The molecule has 0 N–H and O–H groups in total. The number of rotatable bonds is 2. The third kappa shape index (κ3) is 3.61. The standard InChI is InChI=1S/C52H28O/c1-2-10-39-29(5-1)17-26-43-50-45(40-23-19-35-14-12-31-7-4-9-33-21-25-42(40)49(35)47(31)33)28-37-16-15-36(27-44(37)52(50)53-51(39)43)38-22-18-34-13-11-30-6-3-8-32-20-24-41(38)48(34)46(30)32/h1-28H. The van der Waals surface area contributed by atoms with Crippen LogP contribution >= 0.6 is 0 Å². The Kier molecular flexibility index (Phi) is 5.17. The zero-order chi connectivity index (χ0) is 34.4. The van der Waals surface area contributed by atoms with E-state index in [9.17, 15) is 0 Å². The second-order valence-corrected chi connectivity index (χ2v) is 14.8. The minimum absolute atomic E-state index is 0.939. The van der Waals surface area contributed by atoms with E-state index in [0.717, 1.165) is 27.3 Å². The van der Waals surface area contributed by atoms with Crippen molar-refractivity contribution in [3.05, 3.63) is 170 Å². The van der Waals surface area contributed by atoms with Gasteiger partial charge in [-0.25, -0.2) is 0 Å². The van der Waals surface area contributed by atoms with E-state index in [1.165, 1.54) is 103 Å². The van der Waals surface area contributed by atoms with Crippen molar-refractivity contribution in [2.75, 3.05) is 0 Å². The van der Waals surface area contributed by atoms with E-state index in [1.807, 2.05) is 0 Å². The Hall–Kier alpha value is -6.96. The highest BCUT2D eigenvalue weighted by Gasteiger charge is 2.21. The molecule has 0 aliphatic carbocycles. The van der Waals surface area contributed by atoms with Gasteiger partial charge in [-0.05, 0) is 116 Å². The van der Waals surface area contributed by atoms with Crippen molar-refractivity contribution in [2.24, 2.45) is 0 Å². The van der Waals surface area contributed by atoms with Gasteiger partial charge < -0.3 is 4.42 Å². The average molecular weight is 669 g/mol. The number of benzene rings is 12. The summed E-state index contributed by atoms with van der Waals surface area (Å²) in [6.45, 7) is 0. The molecule has 0 aliphatic rings. The monoisotopic (exact) mass is 668 g/mol. The van der Waals surface area contributed by atoms with E-state index in [4.69, 9.17) is 4.42 Å². The minimum Gasteiger partial charge on any atom is -0.455 e. The highest BCUT2D eigenvalue weighted by Crippen LogP contribution is 2.48. The smallest absolute Gasteiger partial charge is 0.143 e. The first-order valence-corrected chi connectivity index (χ1v) is 18.4. The summed E-state index contributed by atoms with van der Waals surface area (Å²) < 4.78 is 7.14. The molecule has 53 heavy (non-hydrogen) atoms. The van der Waals surface area contributed by atoms with E-state index >= 15 is 0 Å². The second kappa shape index (κ2) is 9.88. The van der Waals surface area contributed by atoms with Crippen LogP contribution in [-0.4, -0.2) is 0 Å². The molecule has 1 nitrogen and oxygen atoms in total. The molecular formula is C52H28O. The molecule has 0 fully saturated rings. The van der Waals surface area contributed by atoms with Crippen molar-refractivity contribution < 1.29 is 4.42 Å². The number of fused-ring (bicyclic) bond motifs is 7. The molecule has 0 saturated carbocycles. The molecule has 0 unspecified atom stereocenters. The quantitative estimate of drug-likeness (QED) is 0.167. The predicted octanol–water partition coefficient (Wildman–Crippen LogP) is 15.0. The minimum atomic E-state index is 0.939. The predicted molar refractivity (Wildman–Crippen MR) is 227 cm³/mol. The molecular weight excluding hydrogens is 641 g/mol. The Morgan fingerprint density at radius 3 is 1.45 bits per heavy atom. The summed E-state index contributed by atoms with van der Waals surface area (Å²) in [7, 11) is 0. The molecule has 242 valence electrons. The zero-order valence-electron chi connectivity index (χ0n) is 28.6. The largest absolute Gasteiger partial charge is 0.455 e. The fourth-order valence-electron chi connectivity index (χ4n) is 9.73. The summed E-state index contributed by atoms with van der Waals surface area (Å²) in [5, 5.41) is 22.5. The Morgan fingerprint density at radius 2 is 0.755 bits per heavy atom. The molecule has 1 aromatic heterocycles. The van der Waals surface area contributed by atoms with Gasteiger partial charge in [-0.2, -0.15) is 0 Å². The summed E-state index contributed by atoms with van der Waals surface area (Å²) in [6.07, 6.45) is 0. The molecule has 0 amide bonds. The first-order valence-electron chi connectivity index (χ1n) is 18.4. The summed E-state index contributed by atoms with van der Waals surface area (Å²) in [5.41, 5.74) is 6.75. The van der Waals surface area contributed by atoms with Gasteiger partial charge in [0.15, 0.2) is 0 Å². The van der Waals surface area contributed by atoms with Crippen molar-refractivity contribution in [3.63, 3.8) is 0 Å². The molecule has 13 rings (SSSR count). The van der Waals surface area contributed by atoms with Gasteiger partial charge in [0, 0.05) is 21.5 Å². The Morgan fingerprint density at radius 1 is 0.245 bits per heavy atom. The van der Waals surface area contributed by atoms with Gasteiger partial charge in [-0.15, -0.1) is 0 Å². The van der Waals surface area contributed by atoms with Crippen LogP contribution in [0.5, 0.6) is 0 Å². The Bertz CT molecular complexity index is 3640. The third-order valence-corrected chi connectivity index (χ3v) is 12.1. The van der Waals surface area contributed by atoms with Gasteiger partial charge in [-0.1, -0.05) is 152 Å². The van der Waals surface area contributed by atoms with Gasteiger partial charge in [0.1, 0.15) is 11.2 Å². The highest BCUT2D eigenvalue weighted by molar-refractivity contribution is 6.30. The lowest BCUT2D eigenvalue weighted by Gasteiger charge is -2.16. The highest BCUT2D eigenvalue weighted by atomic mass is 16.3. The molecule has 0 aliphatic heterocycles. The molecule has 1 heteroatoms. The molecule has 0 atom stereocenters. The van der Waals surface area contributed by atoms with Crippen LogP contribution < -0.4 is 0 Å². The summed E-state index contributed by atoms with van der Waals surface area (Å²) in [4.78, 5) is 0. The van der Waals surface area contributed by atoms with E-state index in [1.54, 1.807) is 0 Å². The van der Waals surface area contributed by atoms with Crippen LogP contribution in [0, 0.1) is 0 Å². The lowest BCUT2D eigenvalue weighted by atomic mass is 9.87. The van der Waals surface area contributed by atoms with Crippen molar-refractivity contribution in [3.8, 4) is 22.3 Å². The van der Waals surface area contributed by atoms with E-state index in [2.05, 4.69) is 170 Å². The zero-order valence-corrected chi connectivity index (χ0v) is 28.6. The SMILES string of the molecule is c1ccc2c(c1)ccc1c2oc2c3cc(-c4ccc5ccc6cccc7ccc4c5c67)ccc3cc(-c3ccc4ccc5cccc6ccc3c4c56)c12. The maximum absolute atomic E-state index is 7.14. The average Bonchev–Trinajstić information content (AvgIpc) is 3.62. The van der Waals surface area contributed by atoms with Crippen molar-refractivity contribution in [2.45, 2.75) is 0 Å². The van der Waals surface area contributed by atoms with Crippen molar-refractivity contribution in [1.82, 2.24) is 0 Å². The van der Waals surface area contributed by atoms with Crippen LogP contribution in [-0.2, 0) is 0 Å². The molecule has 1 heterocycles. The van der Waals surface area contributed by atoms with Crippen LogP contribution in [0.3, 0.4) is 0 Å². The van der Waals surface area contributed by atoms with Crippen LogP contribution in [0.4, 0.5) is 0 Å². The van der Waals surface area contributed by atoms with Crippen molar-refractivity contribution >= 4 is 108 Å². The Labute approximate surface area is 303 Å². The molecule has 12 aromatic carbocycles. The fraction of sp³-hybridized carbons (Fsp3) is 0. The number of hydrogen-bond acceptors (Lipinski definition) is 1. The maximum Gasteiger partial charge on any atom is 0.143 e. The molecule has 0 spiro atoms. The maximum atomic E-state index is 7.14. The van der Waals surface area contributed by atoms with Crippen LogP contribution in [0.15, 0.2) is 174 Å². The molecule has 0 radical (unpaired) electrons. The fourth-order valence-corrected chi connectivity index (χ4v) is 9.73. The topological polar surface area (TPSA) is 13.1 Å². The molecule has 0 bridgehead atoms. The van der Waals surface area contributed by atoms with Gasteiger partial charge in [-0.3, -0.25) is 0 Å². The van der Waals surface area contributed by atoms with Gasteiger partial charge in [0.2, 0.25) is 0 Å². The Balaban J connectivity index is 1.15. The first-order chi connectivity index (χ1) is 26.3. The normalized spacial score (nSPS) is 12.5. The molecule has 0 saturated heterocycles. The first kappa shape index (κ1) is 27.7. The number of furan rings is 1. The second-order valence-electron chi connectivity index (χ2n) is 14.8. The lowest BCUT2D eigenvalue weighted by Crippen LogP contribution is -1.89. The van der Waals surface area contributed by atoms with Gasteiger partial charge in [0.05, 0.1) is 0 Å². The summed E-state index contributed by atoms with van der Waals surface area (Å²) in [6, 6.07) is 63.1. The van der Waals surface area contributed by atoms with E-state index < -0.39 is 0 Å². The van der Waals surface area contributed by atoms with Crippen LogP contribution in [0.2, 0.25) is 0 Å². The van der Waals surface area contributed by atoms with Gasteiger partial charge in [0.25, 0.3) is 0 Å². The van der Waals surface area contributed by atoms with Crippen LogP contribution in [0.25, 0.3) is 130 Å². The molecule has 13 aromatic rings. The van der Waals surface area contributed by atoms with E-state index in [0.29, 0.717) is 0 Å². The third-order valence-electron chi connectivity index (χ3n) is 12.1. The summed E-state index contributed by atoms with van der Waals surface area (Å²) in [5.74, 6) is 0.